The molecule has 0 fully saturated rings. The Kier molecular flexibility index (Phi) is 2.60. The molecule has 3 aromatic rings. The Morgan fingerprint density at radius 1 is 1.05 bits per heavy atom. The van der Waals surface area contributed by atoms with E-state index < -0.39 is 0 Å². The largest absolute Gasteiger partial charge is 0.456 e. The van der Waals surface area contributed by atoms with Crippen molar-refractivity contribution < 1.29 is 4.42 Å². The molecular weight excluding hydrogens is 238 g/mol. The Labute approximate surface area is 110 Å². The van der Waals surface area contributed by atoms with Crippen LogP contribution in [-0.4, -0.2) is 0 Å². The maximum atomic E-state index is 12.1. The maximum absolute atomic E-state index is 12.1. The van der Waals surface area contributed by atoms with Crippen LogP contribution in [0.1, 0.15) is 5.56 Å². The zero-order chi connectivity index (χ0) is 13.4. The summed E-state index contributed by atoms with van der Waals surface area (Å²) in [5.41, 5.74) is 8.89. The Hall–Kier alpha value is -2.55. The van der Waals surface area contributed by atoms with E-state index in [2.05, 4.69) is 0 Å². The van der Waals surface area contributed by atoms with Crippen molar-refractivity contribution in [3.05, 3.63) is 64.3 Å². The second-order valence-electron chi connectivity index (χ2n) is 4.49. The van der Waals surface area contributed by atoms with Gasteiger partial charge in [0.15, 0.2) is 5.43 Å². The van der Waals surface area contributed by atoms with Crippen LogP contribution in [0.3, 0.4) is 0 Å². The van der Waals surface area contributed by atoms with E-state index in [0.29, 0.717) is 22.4 Å². The lowest BCUT2D eigenvalue weighted by atomic mass is 10.0. The number of fused-ring (bicyclic) bond motifs is 1. The molecule has 3 heteroatoms. The Balaban J connectivity index is 2.32. The minimum Gasteiger partial charge on any atom is -0.456 e. The molecule has 0 saturated heterocycles. The summed E-state index contributed by atoms with van der Waals surface area (Å²) in [7, 11) is 0. The van der Waals surface area contributed by atoms with E-state index in [4.69, 9.17) is 10.2 Å². The molecule has 0 unspecified atom stereocenters. The van der Waals surface area contributed by atoms with Crippen molar-refractivity contribution in [2.45, 2.75) is 6.92 Å². The average molecular weight is 251 g/mol. The lowest BCUT2D eigenvalue weighted by molar-refractivity contribution is 0.618. The Morgan fingerprint density at radius 2 is 1.84 bits per heavy atom. The van der Waals surface area contributed by atoms with E-state index in [1.807, 2.05) is 37.3 Å². The van der Waals surface area contributed by atoms with E-state index in [9.17, 15) is 4.79 Å². The van der Waals surface area contributed by atoms with Crippen molar-refractivity contribution in [2.24, 2.45) is 0 Å². The number of nitrogens with two attached hydrogens (primary N) is 1. The highest BCUT2D eigenvalue weighted by Crippen LogP contribution is 2.27. The third-order valence-electron chi connectivity index (χ3n) is 3.28. The Bertz CT molecular complexity index is 818. The van der Waals surface area contributed by atoms with Gasteiger partial charge in [-0.1, -0.05) is 24.3 Å². The van der Waals surface area contributed by atoms with Crippen LogP contribution >= 0.6 is 0 Å². The van der Waals surface area contributed by atoms with Crippen molar-refractivity contribution in [1.29, 1.82) is 0 Å². The molecule has 0 radical (unpaired) electrons. The fourth-order valence-electron chi connectivity index (χ4n) is 2.16. The molecular formula is C16H13NO2. The number of benzene rings is 2. The first-order valence-corrected chi connectivity index (χ1v) is 6.05. The molecule has 0 saturated carbocycles. The third kappa shape index (κ3) is 1.89. The second-order valence-corrected chi connectivity index (χ2v) is 4.49. The predicted molar refractivity (Wildman–Crippen MR) is 77.1 cm³/mol. The van der Waals surface area contributed by atoms with Crippen LogP contribution in [0.5, 0.6) is 0 Å². The van der Waals surface area contributed by atoms with E-state index in [-0.39, 0.29) is 5.43 Å². The average Bonchev–Trinajstić information content (AvgIpc) is 2.42. The van der Waals surface area contributed by atoms with Crippen LogP contribution in [0.4, 0.5) is 5.69 Å². The molecule has 0 aliphatic rings. The third-order valence-corrected chi connectivity index (χ3v) is 3.28. The fraction of sp³-hybridized carbons (Fsp3) is 0.0625. The molecule has 2 N–H and O–H groups in total. The highest BCUT2D eigenvalue weighted by molar-refractivity contribution is 5.79. The summed E-state index contributed by atoms with van der Waals surface area (Å²) < 4.78 is 5.81. The van der Waals surface area contributed by atoms with Gasteiger partial charge in [-0.05, 0) is 30.7 Å². The number of nitrogen functional groups attached to an aromatic ring is 1. The van der Waals surface area contributed by atoms with E-state index in [1.54, 1.807) is 12.1 Å². The van der Waals surface area contributed by atoms with Crippen LogP contribution < -0.4 is 11.2 Å². The molecule has 0 atom stereocenters. The van der Waals surface area contributed by atoms with Gasteiger partial charge in [-0.15, -0.1) is 0 Å². The highest BCUT2D eigenvalue weighted by atomic mass is 16.3. The Morgan fingerprint density at radius 3 is 2.68 bits per heavy atom. The van der Waals surface area contributed by atoms with Crippen LogP contribution in [-0.2, 0) is 0 Å². The van der Waals surface area contributed by atoms with Gasteiger partial charge >= 0.3 is 0 Å². The highest BCUT2D eigenvalue weighted by Gasteiger charge is 2.09. The summed E-state index contributed by atoms with van der Waals surface area (Å²) in [5, 5.41) is 0.591. The first kappa shape index (κ1) is 11.5. The lowest BCUT2D eigenvalue weighted by Crippen LogP contribution is -2.01. The summed E-state index contributed by atoms with van der Waals surface area (Å²) in [6.45, 7) is 1.92. The van der Waals surface area contributed by atoms with Gasteiger partial charge < -0.3 is 10.2 Å². The molecule has 0 aliphatic carbocycles. The van der Waals surface area contributed by atoms with E-state index >= 15 is 0 Å². The quantitative estimate of drug-likeness (QED) is 0.675. The van der Waals surface area contributed by atoms with E-state index in [0.717, 1.165) is 11.1 Å². The maximum Gasteiger partial charge on any atom is 0.193 e. The van der Waals surface area contributed by atoms with Gasteiger partial charge in [-0.2, -0.15) is 0 Å². The SMILES string of the molecule is Cc1c(N)cccc1-c1cc(=O)c2ccccc2o1. The molecule has 94 valence electrons. The van der Waals surface area contributed by atoms with Gasteiger partial charge in [0.05, 0.1) is 5.39 Å². The van der Waals surface area contributed by atoms with Gasteiger partial charge in [0.2, 0.25) is 0 Å². The number of hydrogen-bond donors (Lipinski definition) is 1. The molecule has 1 aromatic heterocycles. The molecule has 0 amide bonds. The molecule has 0 aliphatic heterocycles. The summed E-state index contributed by atoms with van der Waals surface area (Å²) in [4.78, 5) is 12.1. The first-order valence-electron chi connectivity index (χ1n) is 6.05. The summed E-state index contributed by atoms with van der Waals surface area (Å²) in [5.74, 6) is 0.550. The smallest absolute Gasteiger partial charge is 0.193 e. The number of anilines is 1. The number of para-hydroxylation sites is 1. The summed E-state index contributed by atoms with van der Waals surface area (Å²) in [6.07, 6.45) is 0. The topological polar surface area (TPSA) is 56.2 Å². The van der Waals surface area contributed by atoms with E-state index in [1.165, 1.54) is 6.07 Å². The van der Waals surface area contributed by atoms with Crippen molar-refractivity contribution in [1.82, 2.24) is 0 Å². The van der Waals surface area contributed by atoms with Crippen molar-refractivity contribution in [2.75, 3.05) is 5.73 Å². The minimum atomic E-state index is -0.0429. The number of rotatable bonds is 1. The summed E-state index contributed by atoms with van der Waals surface area (Å²) in [6, 6.07) is 14.3. The molecule has 2 aromatic carbocycles. The number of hydrogen-bond acceptors (Lipinski definition) is 3. The van der Waals surface area contributed by atoms with Crippen LogP contribution in [0.2, 0.25) is 0 Å². The minimum absolute atomic E-state index is 0.0429. The standard InChI is InChI=1S/C16H13NO2/c1-10-11(6-4-7-13(10)17)16-9-14(18)12-5-2-3-8-15(12)19-16/h2-9H,17H2,1H3. The van der Waals surface area contributed by atoms with Crippen molar-refractivity contribution in [3.8, 4) is 11.3 Å². The normalized spacial score (nSPS) is 10.8. The van der Waals surface area contributed by atoms with Gasteiger partial charge in [0.1, 0.15) is 11.3 Å². The van der Waals surface area contributed by atoms with Gasteiger partial charge in [-0.25, -0.2) is 0 Å². The molecule has 0 spiro atoms. The van der Waals surface area contributed by atoms with Crippen LogP contribution in [0.15, 0.2) is 57.7 Å². The first-order chi connectivity index (χ1) is 9.16. The van der Waals surface area contributed by atoms with Gasteiger partial charge in [0, 0.05) is 17.3 Å². The molecule has 3 nitrogen and oxygen atoms in total. The molecule has 0 bridgehead atoms. The van der Waals surface area contributed by atoms with Crippen LogP contribution in [0, 0.1) is 6.92 Å². The van der Waals surface area contributed by atoms with Gasteiger partial charge in [0.25, 0.3) is 0 Å². The molecule has 1 heterocycles. The predicted octanol–water partition coefficient (Wildman–Crippen LogP) is 3.35. The molecule has 3 rings (SSSR count). The lowest BCUT2D eigenvalue weighted by Gasteiger charge is -2.08. The molecule has 19 heavy (non-hydrogen) atoms. The fourth-order valence-corrected chi connectivity index (χ4v) is 2.16. The zero-order valence-electron chi connectivity index (χ0n) is 10.5. The summed E-state index contributed by atoms with van der Waals surface area (Å²) >= 11 is 0. The zero-order valence-corrected chi connectivity index (χ0v) is 10.5. The van der Waals surface area contributed by atoms with Crippen molar-refractivity contribution in [3.63, 3.8) is 0 Å². The van der Waals surface area contributed by atoms with Gasteiger partial charge in [-0.3, -0.25) is 4.79 Å². The van der Waals surface area contributed by atoms with Crippen molar-refractivity contribution >= 4 is 16.7 Å². The second kappa shape index (κ2) is 4.28. The van der Waals surface area contributed by atoms with Crippen LogP contribution in [0.25, 0.3) is 22.3 Å². The monoisotopic (exact) mass is 251 g/mol.